The fraction of sp³-hybridized carbons (Fsp3) is 0.538. The highest BCUT2D eigenvalue weighted by molar-refractivity contribution is 6.62. The van der Waals surface area contributed by atoms with Gasteiger partial charge in [0, 0.05) is 0 Å². The lowest BCUT2D eigenvalue weighted by Crippen LogP contribution is -2.41. The Kier molecular flexibility index (Phi) is 4.34. The van der Waals surface area contributed by atoms with Crippen molar-refractivity contribution in [2.75, 3.05) is 7.18 Å². The van der Waals surface area contributed by atoms with Gasteiger partial charge in [-0.25, -0.2) is 0 Å². The highest BCUT2D eigenvalue weighted by atomic mass is 19.1. The third kappa shape index (κ3) is 2.88. The number of hydrogen-bond donors (Lipinski definition) is 0. The van der Waals surface area contributed by atoms with Crippen LogP contribution in [-0.2, 0) is 9.31 Å². The van der Waals surface area contributed by atoms with E-state index in [0.29, 0.717) is 7.18 Å². The Morgan fingerprint density at radius 3 is 1.71 bits per heavy atom. The number of hydrogen-bond acceptors (Lipinski definition) is 2. The predicted octanol–water partition coefficient (Wildman–Crippen LogP) is 2.57. The van der Waals surface area contributed by atoms with Gasteiger partial charge in [-0.15, -0.1) is 0 Å². The van der Waals surface area contributed by atoms with Crippen LogP contribution in [-0.4, -0.2) is 25.5 Å². The number of rotatable bonds is 1. The number of benzene rings is 1. The number of halogens is 1. The van der Waals surface area contributed by atoms with Crippen LogP contribution in [0.3, 0.4) is 0 Å². The van der Waals surface area contributed by atoms with Gasteiger partial charge in [0.25, 0.3) is 0 Å². The van der Waals surface area contributed by atoms with Crippen molar-refractivity contribution in [1.29, 1.82) is 0 Å². The molecule has 0 saturated carbocycles. The first-order valence-electron chi connectivity index (χ1n) is 5.71. The molecule has 1 aliphatic heterocycles. The Hall–Kier alpha value is -0.865. The van der Waals surface area contributed by atoms with Crippen LogP contribution in [0.5, 0.6) is 0 Å². The average Bonchev–Trinajstić information content (AvgIpc) is 2.52. The van der Waals surface area contributed by atoms with Crippen molar-refractivity contribution in [2.24, 2.45) is 0 Å². The van der Waals surface area contributed by atoms with E-state index >= 15 is 0 Å². The Morgan fingerprint density at radius 2 is 1.29 bits per heavy atom. The molecule has 0 N–H and O–H groups in total. The zero-order chi connectivity index (χ0) is 13.1. The minimum Gasteiger partial charge on any atom is -0.399 e. The summed E-state index contributed by atoms with van der Waals surface area (Å²) in [4.78, 5) is 0. The van der Waals surface area contributed by atoms with Crippen molar-refractivity contribution >= 4 is 12.6 Å². The monoisotopic (exact) mass is 238 g/mol. The summed E-state index contributed by atoms with van der Waals surface area (Å²) in [6.45, 7) is 8.26. The maximum absolute atomic E-state index is 9.50. The molecule has 1 aromatic carbocycles. The summed E-state index contributed by atoms with van der Waals surface area (Å²) in [5, 5.41) is 0. The summed E-state index contributed by atoms with van der Waals surface area (Å²) in [6, 6.07) is 10.1. The second-order valence-corrected chi connectivity index (χ2v) is 5.00. The normalized spacial score (nSPS) is 20.7. The molecular weight excluding hydrogens is 218 g/mol. The highest BCUT2D eigenvalue weighted by Crippen LogP contribution is 2.36. The summed E-state index contributed by atoms with van der Waals surface area (Å²) < 4.78 is 21.4. The van der Waals surface area contributed by atoms with Gasteiger partial charge in [-0.05, 0) is 33.2 Å². The minimum atomic E-state index is -0.256. The van der Waals surface area contributed by atoms with E-state index in [-0.39, 0.29) is 18.3 Å². The smallest absolute Gasteiger partial charge is 0.399 e. The largest absolute Gasteiger partial charge is 0.494 e. The van der Waals surface area contributed by atoms with Gasteiger partial charge < -0.3 is 9.31 Å². The standard InChI is InChI=1S/C12H17BO2.CH3F/c1-11(2)12(3,4)15-13(14-11)10-8-6-5-7-9-10;1-2/h5-9H,1-4H3;1H3. The van der Waals surface area contributed by atoms with E-state index in [9.17, 15) is 4.39 Å². The predicted molar refractivity (Wildman–Crippen MR) is 69.2 cm³/mol. The lowest BCUT2D eigenvalue weighted by atomic mass is 9.79. The highest BCUT2D eigenvalue weighted by Gasteiger charge is 2.51. The van der Waals surface area contributed by atoms with Crippen molar-refractivity contribution in [2.45, 2.75) is 38.9 Å². The molecule has 0 bridgehead atoms. The van der Waals surface area contributed by atoms with Gasteiger partial charge in [0.05, 0.1) is 18.4 Å². The molecule has 1 fully saturated rings. The Labute approximate surface area is 103 Å². The second-order valence-electron chi connectivity index (χ2n) is 5.00. The topological polar surface area (TPSA) is 18.5 Å². The van der Waals surface area contributed by atoms with E-state index in [0.717, 1.165) is 5.46 Å². The summed E-state index contributed by atoms with van der Waals surface area (Å²) in [6.07, 6.45) is 0. The van der Waals surface area contributed by atoms with Crippen molar-refractivity contribution in [1.82, 2.24) is 0 Å². The van der Waals surface area contributed by atoms with Crippen molar-refractivity contribution in [3.8, 4) is 0 Å². The number of alkyl halides is 1. The van der Waals surface area contributed by atoms with E-state index in [1.54, 1.807) is 0 Å². The summed E-state index contributed by atoms with van der Waals surface area (Å²) in [7, 11) is 0.260. The summed E-state index contributed by atoms with van der Waals surface area (Å²) in [5.74, 6) is 0. The quantitative estimate of drug-likeness (QED) is 0.700. The van der Waals surface area contributed by atoms with Crippen molar-refractivity contribution < 1.29 is 13.7 Å². The van der Waals surface area contributed by atoms with Crippen LogP contribution >= 0.6 is 0 Å². The first-order chi connectivity index (χ1) is 7.92. The molecule has 0 amide bonds. The SMILES string of the molecule is CC1(C)OB(c2ccccc2)OC1(C)C.CF. The Morgan fingerprint density at radius 1 is 0.882 bits per heavy atom. The summed E-state index contributed by atoms with van der Waals surface area (Å²) >= 11 is 0. The Balaban J connectivity index is 0.000000686. The summed E-state index contributed by atoms with van der Waals surface area (Å²) in [5.41, 5.74) is 0.567. The molecule has 1 aromatic rings. The molecular formula is C13H20BFO2. The molecule has 0 aliphatic carbocycles. The maximum Gasteiger partial charge on any atom is 0.494 e. The first-order valence-corrected chi connectivity index (χ1v) is 5.71. The van der Waals surface area contributed by atoms with Crippen LogP contribution < -0.4 is 5.46 Å². The molecule has 0 unspecified atom stereocenters. The van der Waals surface area contributed by atoms with E-state index in [1.807, 2.05) is 30.3 Å². The lowest BCUT2D eigenvalue weighted by Gasteiger charge is -2.32. The molecule has 2 rings (SSSR count). The van der Waals surface area contributed by atoms with Crippen LogP contribution in [0.25, 0.3) is 0 Å². The average molecular weight is 238 g/mol. The van der Waals surface area contributed by atoms with Gasteiger partial charge in [-0.2, -0.15) is 0 Å². The molecule has 2 nitrogen and oxygen atoms in total. The van der Waals surface area contributed by atoms with Crippen molar-refractivity contribution in [3.05, 3.63) is 30.3 Å². The van der Waals surface area contributed by atoms with Gasteiger partial charge in [-0.3, -0.25) is 4.39 Å². The molecule has 0 aromatic heterocycles. The molecule has 17 heavy (non-hydrogen) atoms. The van der Waals surface area contributed by atoms with E-state index in [4.69, 9.17) is 9.31 Å². The molecule has 0 radical (unpaired) electrons. The van der Waals surface area contributed by atoms with Crippen LogP contribution in [0, 0.1) is 0 Å². The Bertz CT molecular complexity index is 336. The minimum absolute atomic E-state index is 0.240. The molecule has 0 atom stereocenters. The van der Waals surface area contributed by atoms with Gasteiger partial charge >= 0.3 is 7.12 Å². The zero-order valence-corrected chi connectivity index (χ0v) is 11.2. The maximum atomic E-state index is 9.50. The van der Waals surface area contributed by atoms with E-state index < -0.39 is 0 Å². The molecule has 4 heteroatoms. The molecule has 1 aliphatic rings. The fourth-order valence-corrected chi connectivity index (χ4v) is 1.59. The van der Waals surface area contributed by atoms with E-state index in [1.165, 1.54) is 0 Å². The fourth-order valence-electron chi connectivity index (χ4n) is 1.59. The van der Waals surface area contributed by atoms with Gasteiger partial charge in [0.15, 0.2) is 0 Å². The van der Waals surface area contributed by atoms with Crippen LogP contribution in [0.4, 0.5) is 4.39 Å². The third-order valence-corrected chi connectivity index (χ3v) is 3.32. The van der Waals surface area contributed by atoms with Crippen LogP contribution in [0.15, 0.2) is 30.3 Å². The van der Waals surface area contributed by atoms with Crippen molar-refractivity contribution in [3.63, 3.8) is 0 Å². The molecule has 1 heterocycles. The second kappa shape index (κ2) is 5.19. The third-order valence-electron chi connectivity index (χ3n) is 3.32. The zero-order valence-electron chi connectivity index (χ0n) is 11.2. The van der Waals surface area contributed by atoms with Gasteiger partial charge in [0.2, 0.25) is 0 Å². The van der Waals surface area contributed by atoms with Crippen LogP contribution in [0.1, 0.15) is 27.7 Å². The lowest BCUT2D eigenvalue weighted by molar-refractivity contribution is 0.00578. The molecule has 1 saturated heterocycles. The van der Waals surface area contributed by atoms with Gasteiger partial charge in [0.1, 0.15) is 0 Å². The first kappa shape index (κ1) is 14.2. The molecule has 0 spiro atoms. The molecule has 94 valence electrons. The van der Waals surface area contributed by atoms with E-state index in [2.05, 4.69) is 27.7 Å². The van der Waals surface area contributed by atoms with Crippen LogP contribution in [0.2, 0.25) is 0 Å². The van der Waals surface area contributed by atoms with Gasteiger partial charge in [-0.1, -0.05) is 30.3 Å².